The molecule has 0 aliphatic heterocycles. The van der Waals surface area contributed by atoms with Crippen molar-refractivity contribution >= 4 is 5.96 Å². The fraction of sp³-hybridized carbons (Fsp3) is 0.944. The van der Waals surface area contributed by atoms with Crippen molar-refractivity contribution in [2.24, 2.45) is 4.99 Å². The number of likely N-dealkylation sites (N-methyl/N-ethyl adjacent to an activating group) is 1. The lowest BCUT2D eigenvalue weighted by Crippen LogP contribution is -2.45. The fourth-order valence-electron chi connectivity index (χ4n) is 2.65. The minimum atomic E-state index is 0.564. The molecule has 0 aromatic rings. The SMILES string of the molecule is CCNC(=NCCCN(C)CCOC)NCCN(C(C)C)C(C)C. The summed E-state index contributed by atoms with van der Waals surface area (Å²) in [6, 6.07) is 1.13. The van der Waals surface area contributed by atoms with Crippen LogP contribution in [-0.2, 0) is 4.74 Å². The summed E-state index contributed by atoms with van der Waals surface area (Å²) in [5.41, 5.74) is 0. The lowest BCUT2D eigenvalue weighted by Gasteiger charge is -2.30. The minimum absolute atomic E-state index is 0.564. The predicted octanol–water partition coefficient (Wildman–Crippen LogP) is 1.63. The van der Waals surface area contributed by atoms with E-state index in [2.05, 4.69) is 67.1 Å². The molecule has 24 heavy (non-hydrogen) atoms. The highest BCUT2D eigenvalue weighted by molar-refractivity contribution is 5.79. The summed E-state index contributed by atoms with van der Waals surface area (Å²) < 4.78 is 5.09. The molecule has 2 N–H and O–H groups in total. The minimum Gasteiger partial charge on any atom is -0.383 e. The van der Waals surface area contributed by atoms with Crippen molar-refractivity contribution in [3.8, 4) is 0 Å². The number of nitrogens with zero attached hydrogens (tertiary/aromatic N) is 3. The van der Waals surface area contributed by atoms with Crippen molar-refractivity contribution in [2.45, 2.75) is 53.1 Å². The normalized spacial score (nSPS) is 12.7. The zero-order valence-corrected chi connectivity index (χ0v) is 17.1. The number of hydrogen-bond acceptors (Lipinski definition) is 4. The lowest BCUT2D eigenvalue weighted by molar-refractivity contribution is 0.161. The molecular weight excluding hydrogens is 302 g/mol. The van der Waals surface area contributed by atoms with Gasteiger partial charge in [-0.2, -0.15) is 0 Å². The highest BCUT2D eigenvalue weighted by atomic mass is 16.5. The number of aliphatic imine (C=N–C) groups is 1. The molecule has 0 amide bonds. The number of ether oxygens (including phenoxy) is 1. The van der Waals surface area contributed by atoms with Gasteiger partial charge in [-0.3, -0.25) is 9.89 Å². The van der Waals surface area contributed by atoms with Crippen LogP contribution in [0.1, 0.15) is 41.0 Å². The van der Waals surface area contributed by atoms with E-state index in [1.807, 2.05) is 0 Å². The van der Waals surface area contributed by atoms with Gasteiger partial charge in [-0.1, -0.05) is 0 Å². The summed E-state index contributed by atoms with van der Waals surface area (Å²) in [6.07, 6.45) is 1.06. The Morgan fingerprint density at radius 2 is 1.71 bits per heavy atom. The Morgan fingerprint density at radius 3 is 2.25 bits per heavy atom. The maximum Gasteiger partial charge on any atom is 0.191 e. The lowest BCUT2D eigenvalue weighted by atomic mass is 10.2. The maximum absolute atomic E-state index is 5.09. The molecule has 0 radical (unpaired) electrons. The maximum atomic E-state index is 5.09. The van der Waals surface area contributed by atoms with E-state index in [4.69, 9.17) is 4.74 Å². The summed E-state index contributed by atoms with van der Waals surface area (Å²) in [5.74, 6) is 0.921. The van der Waals surface area contributed by atoms with Crippen molar-refractivity contribution in [1.29, 1.82) is 0 Å². The smallest absolute Gasteiger partial charge is 0.191 e. The molecule has 0 aliphatic carbocycles. The molecule has 0 rings (SSSR count). The quantitative estimate of drug-likeness (QED) is 0.302. The first kappa shape index (κ1) is 23.1. The third kappa shape index (κ3) is 11.6. The Morgan fingerprint density at radius 1 is 1.04 bits per heavy atom. The molecule has 0 aliphatic rings. The van der Waals surface area contributed by atoms with Crippen LogP contribution in [0.5, 0.6) is 0 Å². The van der Waals surface area contributed by atoms with Crippen LogP contribution in [0, 0.1) is 0 Å². The zero-order valence-electron chi connectivity index (χ0n) is 17.1. The Balaban J connectivity index is 4.14. The molecule has 0 heterocycles. The molecule has 0 unspecified atom stereocenters. The second kappa shape index (κ2) is 14.5. The topological polar surface area (TPSA) is 52.1 Å². The Hall–Kier alpha value is -0.850. The summed E-state index contributed by atoms with van der Waals surface area (Å²) in [7, 11) is 3.87. The summed E-state index contributed by atoms with van der Waals surface area (Å²) in [5, 5.41) is 6.77. The van der Waals surface area contributed by atoms with E-state index in [0.717, 1.165) is 58.3 Å². The van der Waals surface area contributed by atoms with Crippen LogP contribution >= 0.6 is 0 Å². The molecule has 0 fully saturated rings. The first-order valence-electron chi connectivity index (χ1n) is 9.37. The Labute approximate surface area is 150 Å². The monoisotopic (exact) mass is 343 g/mol. The molecule has 0 saturated heterocycles. The first-order chi connectivity index (χ1) is 11.4. The molecule has 6 heteroatoms. The van der Waals surface area contributed by atoms with Crippen LogP contribution in [0.4, 0.5) is 0 Å². The van der Waals surface area contributed by atoms with Crippen molar-refractivity contribution < 1.29 is 4.74 Å². The largest absolute Gasteiger partial charge is 0.383 e. The van der Waals surface area contributed by atoms with Gasteiger partial charge in [0.2, 0.25) is 0 Å². The second-order valence-electron chi connectivity index (χ2n) is 6.76. The van der Waals surface area contributed by atoms with Crippen molar-refractivity contribution in [3.63, 3.8) is 0 Å². The predicted molar refractivity (Wildman–Crippen MR) is 105 cm³/mol. The van der Waals surface area contributed by atoms with E-state index >= 15 is 0 Å². The molecule has 6 nitrogen and oxygen atoms in total. The van der Waals surface area contributed by atoms with Crippen LogP contribution in [0.3, 0.4) is 0 Å². The number of methoxy groups -OCH3 is 1. The number of nitrogens with one attached hydrogen (secondary N) is 2. The average Bonchev–Trinajstić information content (AvgIpc) is 2.52. The Bertz CT molecular complexity index is 313. The van der Waals surface area contributed by atoms with E-state index in [-0.39, 0.29) is 0 Å². The van der Waals surface area contributed by atoms with Gasteiger partial charge in [0.25, 0.3) is 0 Å². The Kier molecular flexibility index (Phi) is 14.0. The highest BCUT2D eigenvalue weighted by Gasteiger charge is 2.12. The van der Waals surface area contributed by atoms with Crippen molar-refractivity contribution in [1.82, 2.24) is 20.4 Å². The van der Waals surface area contributed by atoms with Gasteiger partial charge in [0.1, 0.15) is 0 Å². The van der Waals surface area contributed by atoms with Gasteiger partial charge in [-0.05, 0) is 54.6 Å². The van der Waals surface area contributed by atoms with E-state index in [1.54, 1.807) is 7.11 Å². The van der Waals surface area contributed by atoms with E-state index < -0.39 is 0 Å². The van der Waals surface area contributed by atoms with Gasteiger partial charge in [-0.15, -0.1) is 0 Å². The molecule has 144 valence electrons. The van der Waals surface area contributed by atoms with Gasteiger partial charge in [0.15, 0.2) is 5.96 Å². The first-order valence-corrected chi connectivity index (χ1v) is 9.37. The van der Waals surface area contributed by atoms with Crippen LogP contribution in [-0.4, -0.2) is 87.9 Å². The van der Waals surface area contributed by atoms with Crippen molar-refractivity contribution in [3.05, 3.63) is 0 Å². The molecule has 0 saturated carbocycles. The number of hydrogen-bond donors (Lipinski definition) is 2. The summed E-state index contributed by atoms with van der Waals surface area (Å²) in [4.78, 5) is 9.44. The van der Waals surface area contributed by atoms with Crippen molar-refractivity contribution in [2.75, 3.05) is 60.0 Å². The fourth-order valence-corrected chi connectivity index (χ4v) is 2.65. The van der Waals surface area contributed by atoms with Gasteiger partial charge >= 0.3 is 0 Å². The standard InChI is InChI=1S/C18H41N5O/c1-8-19-18(20-10-9-12-22(6)14-15-24-7)21-11-13-23(16(2)3)17(4)5/h16-17H,8-15H2,1-7H3,(H2,19,20,21). The van der Waals surface area contributed by atoms with Gasteiger partial charge in [0, 0.05) is 51.9 Å². The molecule has 0 aromatic carbocycles. The zero-order chi connectivity index (χ0) is 18.4. The van der Waals surface area contributed by atoms with Crippen LogP contribution in [0.15, 0.2) is 4.99 Å². The molecule has 0 bridgehead atoms. The van der Waals surface area contributed by atoms with Gasteiger partial charge in [-0.25, -0.2) is 0 Å². The van der Waals surface area contributed by atoms with E-state index in [9.17, 15) is 0 Å². The second-order valence-corrected chi connectivity index (χ2v) is 6.76. The molecular formula is C18H41N5O. The van der Waals surface area contributed by atoms with E-state index in [1.165, 1.54) is 0 Å². The van der Waals surface area contributed by atoms with Crippen LogP contribution in [0.25, 0.3) is 0 Å². The van der Waals surface area contributed by atoms with E-state index in [0.29, 0.717) is 12.1 Å². The summed E-state index contributed by atoms with van der Waals surface area (Å²) in [6.45, 7) is 17.6. The molecule has 0 spiro atoms. The average molecular weight is 344 g/mol. The number of rotatable bonds is 13. The third-order valence-corrected chi connectivity index (χ3v) is 3.98. The van der Waals surface area contributed by atoms with Gasteiger partial charge < -0.3 is 20.3 Å². The van der Waals surface area contributed by atoms with Crippen LogP contribution in [0.2, 0.25) is 0 Å². The highest BCUT2D eigenvalue weighted by Crippen LogP contribution is 2.03. The van der Waals surface area contributed by atoms with Gasteiger partial charge in [0.05, 0.1) is 6.61 Å². The molecule has 0 aromatic heterocycles. The number of guanidine groups is 1. The third-order valence-electron chi connectivity index (χ3n) is 3.98. The van der Waals surface area contributed by atoms with Crippen LogP contribution < -0.4 is 10.6 Å². The summed E-state index contributed by atoms with van der Waals surface area (Å²) >= 11 is 0. The molecule has 0 atom stereocenters.